The number of carbonyl (C=O) groups is 2. The molecule has 1 saturated heterocycles. The van der Waals surface area contributed by atoms with Crippen molar-refractivity contribution in [3.63, 3.8) is 0 Å². The van der Waals surface area contributed by atoms with E-state index in [2.05, 4.69) is 26.9 Å². The summed E-state index contributed by atoms with van der Waals surface area (Å²) in [5.41, 5.74) is 7.68. The number of ether oxygens (including phenoxy) is 1. The molecule has 11 heteroatoms. The third-order valence-electron chi connectivity index (χ3n) is 6.05. The first kappa shape index (κ1) is 19.9. The number of imidazole rings is 1. The van der Waals surface area contributed by atoms with Crippen LogP contribution in [0, 0.1) is 5.41 Å². The molecule has 0 aliphatic carbocycles. The molecule has 2 atom stereocenters. The van der Waals surface area contributed by atoms with Crippen molar-refractivity contribution in [1.29, 1.82) is 0 Å². The van der Waals surface area contributed by atoms with Crippen molar-refractivity contribution in [3.05, 3.63) is 35.9 Å². The molecule has 31 heavy (non-hydrogen) atoms. The van der Waals surface area contributed by atoms with E-state index in [1.54, 1.807) is 29.0 Å². The maximum absolute atomic E-state index is 13.4. The molecule has 1 fully saturated rings. The summed E-state index contributed by atoms with van der Waals surface area (Å²) >= 11 is 1.44. The summed E-state index contributed by atoms with van der Waals surface area (Å²) in [4.78, 5) is 37.5. The molecule has 0 aromatic carbocycles. The Bertz CT molecular complexity index is 1110. The minimum absolute atomic E-state index is 0.0954. The first-order chi connectivity index (χ1) is 15.0. The van der Waals surface area contributed by atoms with E-state index in [1.165, 1.54) is 16.2 Å². The van der Waals surface area contributed by atoms with Crippen LogP contribution in [0.15, 0.2) is 24.5 Å². The number of carbonyl (C=O) groups excluding carboxylic acids is 2. The Labute approximate surface area is 182 Å². The number of nitrogens with two attached hydrogens (primary N) is 1. The van der Waals surface area contributed by atoms with Crippen LogP contribution < -0.4 is 15.5 Å². The number of fused-ring (bicyclic) bond motifs is 2. The van der Waals surface area contributed by atoms with Crippen LogP contribution in [0.3, 0.4) is 0 Å². The van der Waals surface area contributed by atoms with Gasteiger partial charge in [-0.05, 0) is 36.9 Å². The molecule has 3 aromatic heterocycles. The topological polar surface area (TPSA) is 119 Å². The van der Waals surface area contributed by atoms with Crippen LogP contribution in [0.4, 0.5) is 10.8 Å². The van der Waals surface area contributed by atoms with Gasteiger partial charge in [-0.1, -0.05) is 18.3 Å². The van der Waals surface area contributed by atoms with Crippen LogP contribution in [0.5, 0.6) is 0 Å². The van der Waals surface area contributed by atoms with Gasteiger partial charge in [-0.15, -0.1) is 5.10 Å². The van der Waals surface area contributed by atoms with E-state index in [9.17, 15) is 9.59 Å². The Hall–Kier alpha value is -3.05. The summed E-state index contributed by atoms with van der Waals surface area (Å²) < 4.78 is 6.83. The van der Waals surface area contributed by atoms with Gasteiger partial charge in [0.15, 0.2) is 11.9 Å². The predicted octanol–water partition coefficient (Wildman–Crippen LogP) is 1.45. The lowest BCUT2D eigenvalue weighted by molar-refractivity contribution is -0.133. The van der Waals surface area contributed by atoms with Crippen LogP contribution in [0.25, 0.3) is 4.96 Å². The Morgan fingerprint density at radius 1 is 1.48 bits per heavy atom. The van der Waals surface area contributed by atoms with Gasteiger partial charge in [0.1, 0.15) is 0 Å². The van der Waals surface area contributed by atoms with Crippen molar-refractivity contribution in [2.24, 2.45) is 11.1 Å². The zero-order valence-corrected chi connectivity index (χ0v) is 17.9. The second kappa shape index (κ2) is 7.57. The number of nitrogens with zero attached hydrogens (tertiary/aromatic N) is 6. The highest BCUT2D eigenvalue weighted by atomic mass is 32.1. The summed E-state index contributed by atoms with van der Waals surface area (Å²) in [5.74, 6) is -0.350. The number of amides is 1. The van der Waals surface area contributed by atoms with Gasteiger partial charge in [-0.2, -0.15) is 0 Å². The van der Waals surface area contributed by atoms with Gasteiger partial charge in [0.05, 0.1) is 17.6 Å². The van der Waals surface area contributed by atoms with E-state index in [1.807, 2.05) is 0 Å². The van der Waals surface area contributed by atoms with Gasteiger partial charge in [0, 0.05) is 25.7 Å². The number of aryl methyl sites for hydroxylation is 1. The highest BCUT2D eigenvalue weighted by Crippen LogP contribution is 2.35. The van der Waals surface area contributed by atoms with Crippen molar-refractivity contribution in [2.45, 2.75) is 32.4 Å². The average Bonchev–Trinajstić information content (AvgIpc) is 3.47. The lowest BCUT2D eigenvalue weighted by Crippen LogP contribution is -2.45. The number of aromatic nitrogens is 4. The molecule has 5 rings (SSSR count). The second-order valence-electron chi connectivity index (χ2n) is 8.29. The van der Waals surface area contributed by atoms with Gasteiger partial charge < -0.3 is 15.4 Å². The van der Waals surface area contributed by atoms with E-state index >= 15 is 0 Å². The summed E-state index contributed by atoms with van der Waals surface area (Å²) in [6, 6.07) is 3.56. The molecule has 162 valence electrons. The van der Waals surface area contributed by atoms with Crippen LogP contribution in [-0.4, -0.2) is 57.8 Å². The van der Waals surface area contributed by atoms with Crippen molar-refractivity contribution in [2.75, 3.05) is 29.4 Å². The molecule has 2 aliphatic heterocycles. The van der Waals surface area contributed by atoms with Crippen LogP contribution in [0.1, 0.15) is 35.9 Å². The van der Waals surface area contributed by atoms with Gasteiger partial charge in [-0.25, -0.2) is 9.50 Å². The molecule has 2 N–H and O–H groups in total. The highest BCUT2D eigenvalue weighted by Gasteiger charge is 2.36. The maximum atomic E-state index is 13.4. The van der Waals surface area contributed by atoms with Gasteiger partial charge in [-0.3, -0.25) is 19.5 Å². The summed E-state index contributed by atoms with van der Waals surface area (Å²) in [6.07, 6.45) is 4.75. The smallest absolute Gasteiger partial charge is 0.295 e. The molecule has 0 bridgehead atoms. The van der Waals surface area contributed by atoms with E-state index in [0.29, 0.717) is 36.5 Å². The van der Waals surface area contributed by atoms with Gasteiger partial charge in [0.25, 0.3) is 12.4 Å². The number of rotatable bonds is 5. The molecule has 0 saturated carbocycles. The summed E-state index contributed by atoms with van der Waals surface area (Å²) in [6.45, 7) is 4.95. The van der Waals surface area contributed by atoms with E-state index < -0.39 is 6.23 Å². The van der Waals surface area contributed by atoms with Crippen LogP contribution >= 0.6 is 11.3 Å². The molecular weight excluding hydrogens is 418 g/mol. The monoisotopic (exact) mass is 441 g/mol. The molecular formula is C20H23N7O3S. The predicted molar refractivity (Wildman–Crippen MR) is 115 cm³/mol. The minimum Gasteiger partial charge on any atom is -0.443 e. The Morgan fingerprint density at radius 3 is 3.10 bits per heavy atom. The lowest BCUT2D eigenvalue weighted by Gasteiger charge is -2.34. The largest absolute Gasteiger partial charge is 0.443 e. The van der Waals surface area contributed by atoms with Crippen molar-refractivity contribution in [1.82, 2.24) is 19.6 Å². The number of hydrogen-bond acceptors (Lipinski definition) is 9. The van der Waals surface area contributed by atoms with Gasteiger partial charge >= 0.3 is 0 Å². The highest BCUT2D eigenvalue weighted by molar-refractivity contribution is 7.20. The summed E-state index contributed by atoms with van der Waals surface area (Å²) in [7, 11) is 0. The lowest BCUT2D eigenvalue weighted by atomic mass is 9.90. The molecule has 0 spiro atoms. The molecule has 10 nitrogen and oxygen atoms in total. The second-order valence-corrected chi connectivity index (χ2v) is 9.23. The molecule has 5 heterocycles. The van der Waals surface area contributed by atoms with E-state index in [0.717, 1.165) is 30.3 Å². The fourth-order valence-electron chi connectivity index (χ4n) is 4.22. The Kier molecular flexibility index (Phi) is 4.86. The quantitative estimate of drug-likeness (QED) is 0.591. The number of hydrogen-bond donors (Lipinski definition) is 1. The molecule has 2 unspecified atom stereocenters. The average molecular weight is 442 g/mol. The molecule has 3 aromatic rings. The minimum atomic E-state index is -0.691. The van der Waals surface area contributed by atoms with Crippen LogP contribution in [-0.2, 0) is 16.0 Å². The fraction of sp³-hybridized carbons (Fsp3) is 0.450. The number of pyridine rings is 1. The number of anilines is 2. The van der Waals surface area contributed by atoms with Gasteiger partial charge in [0.2, 0.25) is 10.1 Å². The van der Waals surface area contributed by atoms with Crippen LogP contribution in [0.2, 0.25) is 0 Å². The summed E-state index contributed by atoms with van der Waals surface area (Å²) in [5, 5.41) is 5.50. The zero-order valence-electron chi connectivity index (χ0n) is 17.1. The van der Waals surface area contributed by atoms with Crippen molar-refractivity contribution in [3.8, 4) is 0 Å². The van der Waals surface area contributed by atoms with E-state index in [-0.39, 0.29) is 17.0 Å². The third kappa shape index (κ3) is 3.43. The molecule has 1 amide bonds. The standard InChI is InChI=1S/C20H23N7O3S/c1-20(10-21)6-8-25(11-20)19-24-26-9-14(23-18(26)31-19)17(29)27-15-3-2-7-22-13(15)4-5-16(27)30-12-28/h2-3,7,9,12,16H,4-6,8,10-11,21H2,1H3. The maximum Gasteiger partial charge on any atom is 0.295 e. The first-order valence-electron chi connectivity index (χ1n) is 10.2. The van der Waals surface area contributed by atoms with Crippen molar-refractivity contribution >= 4 is 39.5 Å². The molecule has 2 aliphatic rings. The Morgan fingerprint density at radius 2 is 2.35 bits per heavy atom. The zero-order chi connectivity index (χ0) is 21.6. The third-order valence-corrected chi connectivity index (χ3v) is 7.03. The van der Waals surface area contributed by atoms with E-state index in [4.69, 9.17) is 10.5 Å². The normalized spacial score (nSPS) is 23.2. The molecule has 0 radical (unpaired) electrons. The SMILES string of the molecule is CC1(CN)CCN(c2nn3cc(C(=O)N4c5cccnc5CCC4OC=O)nc3s2)C1. The van der Waals surface area contributed by atoms with Crippen molar-refractivity contribution < 1.29 is 14.3 Å². The fourth-order valence-corrected chi connectivity index (χ4v) is 5.12. The Balaban J connectivity index is 1.43. The first-order valence-corrected chi connectivity index (χ1v) is 11.0.